The fraction of sp³-hybridized carbons (Fsp3) is 0.357. The fourth-order valence-corrected chi connectivity index (χ4v) is 2.78. The van der Waals surface area contributed by atoms with Crippen molar-refractivity contribution in [1.29, 1.82) is 0 Å². The highest BCUT2D eigenvalue weighted by Gasteiger charge is 2.23. The number of anilines is 1. The van der Waals surface area contributed by atoms with Crippen molar-refractivity contribution >= 4 is 35.2 Å². The molecule has 1 saturated carbocycles. The zero-order valence-electron chi connectivity index (χ0n) is 11.3. The average molecular weight is 305 g/mol. The largest absolute Gasteiger partial charge is 0.352 e. The minimum Gasteiger partial charge on any atom is -0.352 e. The number of thioether (sulfide) groups is 1. The van der Waals surface area contributed by atoms with Gasteiger partial charge in [0.1, 0.15) is 0 Å². The molecule has 0 saturated heterocycles. The molecule has 7 heteroatoms. The Morgan fingerprint density at radius 2 is 2.14 bits per heavy atom. The van der Waals surface area contributed by atoms with Gasteiger partial charge in [0.15, 0.2) is 0 Å². The van der Waals surface area contributed by atoms with Crippen molar-refractivity contribution in [1.82, 2.24) is 10.6 Å². The molecule has 3 N–H and O–H groups in total. The molecule has 1 aromatic carbocycles. The third kappa shape index (κ3) is 3.55. The zero-order chi connectivity index (χ0) is 14.8. The summed E-state index contributed by atoms with van der Waals surface area (Å²) in [5, 5.41) is 8.12. The molecule has 0 spiro atoms. The third-order valence-electron chi connectivity index (χ3n) is 3.23. The summed E-state index contributed by atoms with van der Waals surface area (Å²) in [4.78, 5) is 35.8. The molecular weight excluding hydrogens is 290 g/mol. The second kappa shape index (κ2) is 5.77. The van der Waals surface area contributed by atoms with Crippen LogP contribution in [0.2, 0.25) is 0 Å². The van der Waals surface area contributed by atoms with Crippen molar-refractivity contribution in [3.8, 4) is 0 Å². The van der Waals surface area contributed by atoms with Gasteiger partial charge in [-0.2, -0.15) is 0 Å². The first-order valence-electron chi connectivity index (χ1n) is 6.76. The molecule has 1 heterocycles. The molecule has 0 unspecified atom stereocenters. The summed E-state index contributed by atoms with van der Waals surface area (Å²) in [5.41, 5.74) is 1.07. The van der Waals surface area contributed by atoms with E-state index in [1.807, 2.05) is 0 Å². The van der Waals surface area contributed by atoms with Gasteiger partial charge in [0.2, 0.25) is 11.8 Å². The smallest absolute Gasteiger partial charge is 0.251 e. The molecule has 1 fully saturated rings. The number of hydrogen-bond acceptors (Lipinski definition) is 4. The summed E-state index contributed by atoms with van der Waals surface area (Å²) in [5.74, 6) is -0.185. The van der Waals surface area contributed by atoms with Gasteiger partial charge in [-0.25, -0.2) is 0 Å². The average Bonchev–Trinajstić information content (AvgIpc) is 3.27. The van der Waals surface area contributed by atoms with Gasteiger partial charge in [-0.3, -0.25) is 14.4 Å². The van der Waals surface area contributed by atoms with Crippen molar-refractivity contribution in [2.45, 2.75) is 23.8 Å². The van der Waals surface area contributed by atoms with Crippen LogP contribution in [0.4, 0.5) is 5.69 Å². The Balaban J connectivity index is 1.60. The molecule has 1 aliphatic carbocycles. The second-order valence-electron chi connectivity index (χ2n) is 5.07. The SMILES string of the molecule is O=C1CSc2ccc(C(=O)NCC(=O)NC3CC3)cc2N1. The van der Waals surface area contributed by atoms with E-state index < -0.39 is 0 Å². The Kier molecular flexibility index (Phi) is 3.83. The molecule has 1 aromatic rings. The van der Waals surface area contributed by atoms with E-state index in [1.54, 1.807) is 18.2 Å². The van der Waals surface area contributed by atoms with E-state index >= 15 is 0 Å². The topological polar surface area (TPSA) is 87.3 Å². The number of rotatable bonds is 4. The van der Waals surface area contributed by atoms with Gasteiger partial charge < -0.3 is 16.0 Å². The van der Waals surface area contributed by atoms with Crippen LogP contribution in [-0.2, 0) is 9.59 Å². The maximum absolute atomic E-state index is 12.0. The first-order valence-corrected chi connectivity index (χ1v) is 7.74. The molecule has 2 aliphatic rings. The van der Waals surface area contributed by atoms with Crippen molar-refractivity contribution < 1.29 is 14.4 Å². The van der Waals surface area contributed by atoms with E-state index in [1.165, 1.54) is 11.8 Å². The van der Waals surface area contributed by atoms with E-state index in [4.69, 9.17) is 0 Å². The first kappa shape index (κ1) is 13.9. The molecule has 0 aromatic heterocycles. The number of amides is 3. The molecule has 6 nitrogen and oxygen atoms in total. The van der Waals surface area contributed by atoms with Gasteiger partial charge in [0, 0.05) is 16.5 Å². The molecule has 110 valence electrons. The molecule has 3 rings (SSSR count). The fourth-order valence-electron chi connectivity index (χ4n) is 1.99. The highest BCUT2D eigenvalue weighted by atomic mass is 32.2. The minimum atomic E-state index is -0.325. The normalized spacial score (nSPS) is 16.7. The van der Waals surface area contributed by atoms with Crippen molar-refractivity contribution in [3.63, 3.8) is 0 Å². The minimum absolute atomic E-state index is 0.0342. The predicted octanol–water partition coefficient (Wildman–Crippen LogP) is 0.739. The molecule has 0 atom stereocenters. The molecule has 0 radical (unpaired) electrons. The first-order chi connectivity index (χ1) is 10.1. The van der Waals surface area contributed by atoms with Crippen LogP contribution in [-0.4, -0.2) is 36.1 Å². The standard InChI is InChI=1S/C14H15N3O3S/c18-12(16-9-2-3-9)6-15-14(20)8-1-4-11-10(5-8)17-13(19)7-21-11/h1,4-5,9H,2-3,6-7H2,(H,15,20)(H,16,18)(H,17,19). The summed E-state index contributed by atoms with van der Waals surface area (Å²) >= 11 is 1.44. The monoisotopic (exact) mass is 305 g/mol. The van der Waals surface area contributed by atoms with Crippen molar-refractivity contribution in [3.05, 3.63) is 23.8 Å². The maximum atomic E-state index is 12.0. The van der Waals surface area contributed by atoms with Crippen LogP contribution >= 0.6 is 11.8 Å². The summed E-state index contributed by atoms with van der Waals surface area (Å²) in [6.45, 7) is -0.0342. The Hall–Kier alpha value is -2.02. The van der Waals surface area contributed by atoms with Gasteiger partial charge in [-0.15, -0.1) is 11.8 Å². The molecule has 1 aliphatic heterocycles. The van der Waals surface area contributed by atoms with E-state index in [9.17, 15) is 14.4 Å². The summed E-state index contributed by atoms with van der Waals surface area (Å²) in [6, 6.07) is 5.41. The van der Waals surface area contributed by atoms with Gasteiger partial charge in [-0.05, 0) is 31.0 Å². The highest BCUT2D eigenvalue weighted by Crippen LogP contribution is 2.31. The van der Waals surface area contributed by atoms with E-state index in [0.717, 1.165) is 17.7 Å². The summed E-state index contributed by atoms with van der Waals surface area (Å²) in [6.07, 6.45) is 2.03. The zero-order valence-corrected chi connectivity index (χ0v) is 12.1. The molecule has 0 bridgehead atoms. The van der Waals surface area contributed by atoms with Crippen LogP contribution in [0, 0.1) is 0 Å². The van der Waals surface area contributed by atoms with E-state index in [-0.39, 0.29) is 30.3 Å². The van der Waals surface area contributed by atoms with Crippen molar-refractivity contribution in [2.75, 3.05) is 17.6 Å². The Labute approximate surface area is 126 Å². The van der Waals surface area contributed by atoms with Gasteiger partial charge in [0.25, 0.3) is 5.91 Å². The Morgan fingerprint density at radius 3 is 2.90 bits per heavy atom. The van der Waals surface area contributed by atoms with Crippen LogP contribution in [0.15, 0.2) is 23.1 Å². The van der Waals surface area contributed by atoms with Crippen LogP contribution in [0.25, 0.3) is 0 Å². The highest BCUT2D eigenvalue weighted by molar-refractivity contribution is 8.00. The lowest BCUT2D eigenvalue weighted by Gasteiger charge is -2.16. The molecule has 21 heavy (non-hydrogen) atoms. The van der Waals surface area contributed by atoms with Crippen LogP contribution in [0.5, 0.6) is 0 Å². The molecular formula is C14H15N3O3S. The van der Waals surface area contributed by atoms with E-state index in [0.29, 0.717) is 17.0 Å². The van der Waals surface area contributed by atoms with Crippen LogP contribution in [0.1, 0.15) is 23.2 Å². The maximum Gasteiger partial charge on any atom is 0.251 e. The van der Waals surface area contributed by atoms with E-state index in [2.05, 4.69) is 16.0 Å². The summed E-state index contributed by atoms with van der Waals surface area (Å²) < 4.78 is 0. The predicted molar refractivity (Wildman–Crippen MR) is 79.3 cm³/mol. The number of hydrogen-bond donors (Lipinski definition) is 3. The lowest BCUT2D eigenvalue weighted by molar-refractivity contribution is -0.120. The number of nitrogens with one attached hydrogen (secondary N) is 3. The Morgan fingerprint density at radius 1 is 1.33 bits per heavy atom. The van der Waals surface area contributed by atoms with Crippen LogP contribution < -0.4 is 16.0 Å². The summed E-state index contributed by atoms with van der Waals surface area (Å²) in [7, 11) is 0. The number of carbonyl (C=O) groups is 3. The number of carbonyl (C=O) groups excluding carboxylic acids is 3. The third-order valence-corrected chi connectivity index (χ3v) is 4.30. The second-order valence-corrected chi connectivity index (χ2v) is 6.09. The van der Waals surface area contributed by atoms with Gasteiger partial charge in [0.05, 0.1) is 18.0 Å². The number of fused-ring (bicyclic) bond motifs is 1. The lowest BCUT2D eigenvalue weighted by Crippen LogP contribution is -2.37. The Bertz CT molecular complexity index is 613. The van der Waals surface area contributed by atoms with Crippen molar-refractivity contribution in [2.24, 2.45) is 0 Å². The van der Waals surface area contributed by atoms with Gasteiger partial charge >= 0.3 is 0 Å². The van der Waals surface area contributed by atoms with Crippen LogP contribution in [0.3, 0.4) is 0 Å². The van der Waals surface area contributed by atoms with Gasteiger partial charge in [-0.1, -0.05) is 0 Å². The molecule has 3 amide bonds. The lowest BCUT2D eigenvalue weighted by atomic mass is 10.2. The number of benzene rings is 1. The quantitative estimate of drug-likeness (QED) is 0.765.